The molecule has 1 heterocycles. The van der Waals surface area contributed by atoms with Crippen molar-refractivity contribution >= 4 is 11.8 Å². The van der Waals surface area contributed by atoms with E-state index in [9.17, 15) is 9.59 Å². The van der Waals surface area contributed by atoms with E-state index in [1.807, 2.05) is 48.8 Å². The van der Waals surface area contributed by atoms with Gasteiger partial charge in [0.05, 0.1) is 7.11 Å². The van der Waals surface area contributed by atoms with E-state index in [2.05, 4.69) is 0 Å². The van der Waals surface area contributed by atoms with Crippen LogP contribution < -0.4 is 4.74 Å². The standard InChI is InChI=1S/C19H28N2O3/c1-5-15-13-16(7-8-17(15)24-4)19(23)21-10-6-9-20(11-12-21)18(22)14(2)3/h7-8,13-14H,5-6,9-12H2,1-4H3. The van der Waals surface area contributed by atoms with E-state index in [4.69, 9.17) is 4.74 Å². The molecule has 0 spiro atoms. The lowest BCUT2D eigenvalue weighted by Gasteiger charge is -2.23. The summed E-state index contributed by atoms with van der Waals surface area (Å²) in [5, 5.41) is 0. The summed E-state index contributed by atoms with van der Waals surface area (Å²) >= 11 is 0. The SMILES string of the molecule is CCc1cc(C(=O)N2CCCN(C(=O)C(C)C)CC2)ccc1OC. The number of aryl methyl sites for hydroxylation is 1. The van der Waals surface area contributed by atoms with Crippen LogP contribution in [0.4, 0.5) is 0 Å². The third-order valence-corrected chi connectivity index (χ3v) is 4.50. The molecule has 1 aliphatic rings. The average molecular weight is 332 g/mol. The lowest BCUT2D eigenvalue weighted by Crippen LogP contribution is -2.39. The molecule has 1 saturated heterocycles. The molecule has 1 aliphatic heterocycles. The van der Waals surface area contributed by atoms with Gasteiger partial charge >= 0.3 is 0 Å². The van der Waals surface area contributed by atoms with Crippen molar-refractivity contribution in [1.82, 2.24) is 9.80 Å². The number of methoxy groups -OCH3 is 1. The Bertz CT molecular complexity index is 598. The molecule has 1 aromatic rings. The second kappa shape index (κ2) is 8.18. The van der Waals surface area contributed by atoms with Gasteiger partial charge in [-0.2, -0.15) is 0 Å². The highest BCUT2D eigenvalue weighted by molar-refractivity contribution is 5.94. The molecule has 2 rings (SSSR count). The molecule has 0 saturated carbocycles. The van der Waals surface area contributed by atoms with Gasteiger partial charge in [0, 0.05) is 37.7 Å². The fourth-order valence-electron chi connectivity index (χ4n) is 3.08. The summed E-state index contributed by atoms with van der Waals surface area (Å²) in [6.07, 6.45) is 1.64. The van der Waals surface area contributed by atoms with Gasteiger partial charge in [-0.25, -0.2) is 0 Å². The number of benzene rings is 1. The molecule has 0 N–H and O–H groups in total. The van der Waals surface area contributed by atoms with Crippen molar-refractivity contribution in [2.45, 2.75) is 33.6 Å². The van der Waals surface area contributed by atoms with Crippen molar-refractivity contribution in [3.05, 3.63) is 29.3 Å². The van der Waals surface area contributed by atoms with Crippen LogP contribution >= 0.6 is 0 Å². The molecule has 5 nitrogen and oxygen atoms in total. The Labute approximate surface area is 144 Å². The van der Waals surface area contributed by atoms with Gasteiger partial charge in [0.2, 0.25) is 5.91 Å². The van der Waals surface area contributed by atoms with Crippen molar-refractivity contribution in [3.63, 3.8) is 0 Å². The van der Waals surface area contributed by atoms with Crippen LogP contribution in [0.25, 0.3) is 0 Å². The fourth-order valence-corrected chi connectivity index (χ4v) is 3.08. The lowest BCUT2D eigenvalue weighted by molar-refractivity contribution is -0.134. The highest BCUT2D eigenvalue weighted by Crippen LogP contribution is 2.21. The molecule has 0 aliphatic carbocycles. The number of nitrogens with zero attached hydrogens (tertiary/aromatic N) is 2. The van der Waals surface area contributed by atoms with Crippen LogP contribution in [0.15, 0.2) is 18.2 Å². The van der Waals surface area contributed by atoms with Crippen LogP contribution in [0, 0.1) is 5.92 Å². The van der Waals surface area contributed by atoms with E-state index >= 15 is 0 Å². The topological polar surface area (TPSA) is 49.9 Å². The van der Waals surface area contributed by atoms with Crippen molar-refractivity contribution in [2.75, 3.05) is 33.3 Å². The maximum Gasteiger partial charge on any atom is 0.253 e. The summed E-state index contributed by atoms with van der Waals surface area (Å²) in [4.78, 5) is 28.7. The number of amides is 2. The maximum absolute atomic E-state index is 12.8. The van der Waals surface area contributed by atoms with Gasteiger partial charge in [0.1, 0.15) is 5.75 Å². The predicted molar refractivity (Wildman–Crippen MR) is 94.3 cm³/mol. The fraction of sp³-hybridized carbons (Fsp3) is 0.579. The first-order chi connectivity index (χ1) is 11.5. The van der Waals surface area contributed by atoms with Gasteiger partial charge < -0.3 is 14.5 Å². The summed E-state index contributed by atoms with van der Waals surface area (Å²) in [7, 11) is 1.64. The summed E-state index contributed by atoms with van der Waals surface area (Å²) in [5.41, 5.74) is 1.73. The molecule has 0 radical (unpaired) electrons. The molecule has 1 aromatic carbocycles. The first-order valence-corrected chi connectivity index (χ1v) is 8.72. The van der Waals surface area contributed by atoms with Crippen LogP contribution in [0.3, 0.4) is 0 Å². The van der Waals surface area contributed by atoms with Gasteiger partial charge in [-0.05, 0) is 36.6 Å². The third-order valence-electron chi connectivity index (χ3n) is 4.50. The largest absolute Gasteiger partial charge is 0.496 e. The summed E-state index contributed by atoms with van der Waals surface area (Å²) in [6.45, 7) is 8.50. The number of hydrogen-bond donors (Lipinski definition) is 0. The van der Waals surface area contributed by atoms with Gasteiger partial charge in [-0.15, -0.1) is 0 Å². The van der Waals surface area contributed by atoms with E-state index in [0.717, 1.165) is 30.7 Å². The van der Waals surface area contributed by atoms with E-state index in [1.54, 1.807) is 7.11 Å². The summed E-state index contributed by atoms with van der Waals surface area (Å²) < 4.78 is 5.33. The van der Waals surface area contributed by atoms with Crippen LogP contribution in [0.5, 0.6) is 5.75 Å². The average Bonchev–Trinajstić information content (AvgIpc) is 2.85. The normalized spacial score (nSPS) is 15.4. The first-order valence-electron chi connectivity index (χ1n) is 8.72. The van der Waals surface area contributed by atoms with Crippen LogP contribution in [-0.4, -0.2) is 54.9 Å². The Kier molecular flexibility index (Phi) is 6.23. The minimum atomic E-state index is 0.000882. The molecule has 0 bridgehead atoms. The molecule has 0 aromatic heterocycles. The van der Waals surface area contributed by atoms with Crippen molar-refractivity contribution < 1.29 is 14.3 Å². The number of carbonyl (C=O) groups is 2. The van der Waals surface area contributed by atoms with Gasteiger partial charge in [-0.3, -0.25) is 9.59 Å². The molecule has 2 amide bonds. The number of rotatable bonds is 4. The van der Waals surface area contributed by atoms with Crippen molar-refractivity contribution in [1.29, 1.82) is 0 Å². The number of hydrogen-bond acceptors (Lipinski definition) is 3. The minimum absolute atomic E-state index is 0.000882. The van der Waals surface area contributed by atoms with Crippen LogP contribution in [0.2, 0.25) is 0 Å². The van der Waals surface area contributed by atoms with E-state index in [0.29, 0.717) is 25.2 Å². The molecular formula is C19H28N2O3. The highest BCUT2D eigenvalue weighted by Gasteiger charge is 2.24. The first kappa shape index (κ1) is 18.3. The van der Waals surface area contributed by atoms with Gasteiger partial charge in [0.25, 0.3) is 5.91 Å². The quantitative estimate of drug-likeness (QED) is 0.851. The maximum atomic E-state index is 12.8. The second-order valence-corrected chi connectivity index (χ2v) is 6.51. The lowest BCUT2D eigenvalue weighted by atomic mass is 10.1. The Morgan fingerprint density at radius 3 is 2.42 bits per heavy atom. The van der Waals surface area contributed by atoms with Gasteiger partial charge in [0.15, 0.2) is 0 Å². The highest BCUT2D eigenvalue weighted by atomic mass is 16.5. The smallest absolute Gasteiger partial charge is 0.253 e. The van der Waals surface area contributed by atoms with Crippen molar-refractivity contribution in [2.24, 2.45) is 5.92 Å². The molecule has 24 heavy (non-hydrogen) atoms. The Morgan fingerprint density at radius 1 is 1.12 bits per heavy atom. The Hall–Kier alpha value is -2.04. The second-order valence-electron chi connectivity index (χ2n) is 6.51. The monoisotopic (exact) mass is 332 g/mol. The Morgan fingerprint density at radius 2 is 1.79 bits per heavy atom. The zero-order valence-corrected chi connectivity index (χ0v) is 15.2. The molecule has 0 unspecified atom stereocenters. The zero-order valence-electron chi connectivity index (χ0n) is 15.2. The third kappa shape index (κ3) is 4.08. The minimum Gasteiger partial charge on any atom is -0.496 e. The summed E-state index contributed by atoms with van der Waals surface area (Å²) in [6, 6.07) is 5.60. The molecule has 1 fully saturated rings. The number of ether oxygens (including phenoxy) is 1. The molecule has 132 valence electrons. The Balaban J connectivity index is 2.09. The van der Waals surface area contributed by atoms with E-state index < -0.39 is 0 Å². The van der Waals surface area contributed by atoms with Gasteiger partial charge in [-0.1, -0.05) is 20.8 Å². The van der Waals surface area contributed by atoms with E-state index in [-0.39, 0.29) is 17.7 Å². The predicted octanol–water partition coefficient (Wildman–Crippen LogP) is 2.59. The van der Waals surface area contributed by atoms with Crippen LogP contribution in [-0.2, 0) is 11.2 Å². The summed E-state index contributed by atoms with van der Waals surface area (Å²) in [5.74, 6) is 1.02. The zero-order chi connectivity index (χ0) is 17.7. The molecule has 5 heteroatoms. The number of carbonyl (C=O) groups excluding carboxylic acids is 2. The molecule has 0 atom stereocenters. The molecular weight excluding hydrogens is 304 g/mol. The van der Waals surface area contributed by atoms with Crippen LogP contribution in [0.1, 0.15) is 43.1 Å². The van der Waals surface area contributed by atoms with E-state index in [1.165, 1.54) is 0 Å². The van der Waals surface area contributed by atoms with Crippen molar-refractivity contribution in [3.8, 4) is 5.75 Å².